The predicted octanol–water partition coefficient (Wildman–Crippen LogP) is -3.06. The number of carbonyl (C=O) groups excluding carboxylic acids is 6. The molecule has 0 aromatic rings. The number of carboxylic acids is 3. The maximum Gasteiger partial charge on any atom is 3.00 e. The van der Waals surface area contributed by atoms with Gasteiger partial charge in [0.15, 0.2) is 0 Å². The molecular weight excluding hydrogens is 351 g/mol. The molecule has 25 heavy (non-hydrogen) atoms. The molecule has 0 rings (SSSR count). The van der Waals surface area contributed by atoms with E-state index >= 15 is 0 Å². The van der Waals surface area contributed by atoms with Crippen LogP contribution >= 0.6 is 0 Å². The summed E-state index contributed by atoms with van der Waals surface area (Å²) in [5.41, 5.74) is 0. The Kier molecular flexibility index (Phi) is 24.6. The monoisotopic (exact) mass is 372 g/mol. The molecule has 0 aliphatic rings. The van der Waals surface area contributed by atoms with Crippen molar-refractivity contribution in [1.29, 1.82) is 0 Å². The Balaban J connectivity index is -0.000000130. The minimum atomic E-state index is -1.17. The van der Waals surface area contributed by atoms with Crippen molar-refractivity contribution < 1.29 is 44.1 Å². The Morgan fingerprint density at radius 3 is 0.680 bits per heavy atom. The summed E-state index contributed by atoms with van der Waals surface area (Å²) >= 11 is 0. The number of hydrogen-bond acceptors (Lipinski definition) is 9. The van der Waals surface area contributed by atoms with Crippen molar-refractivity contribution in [3.8, 4) is 0 Å². The Morgan fingerprint density at radius 2 is 0.640 bits per heavy atom. The van der Waals surface area contributed by atoms with Gasteiger partial charge >= 0.3 is 17.4 Å². The van der Waals surface area contributed by atoms with Gasteiger partial charge in [-0.05, 0) is 40.0 Å². The molecule has 0 atom stereocenters. The molecular formula is C15H21AlO9. The first-order chi connectivity index (χ1) is 10.9. The van der Waals surface area contributed by atoms with E-state index in [0.29, 0.717) is 0 Å². The van der Waals surface area contributed by atoms with Crippen LogP contribution in [0.3, 0.4) is 0 Å². The second-order valence-electron chi connectivity index (χ2n) is 4.72. The van der Waals surface area contributed by atoms with Crippen LogP contribution in [0, 0.1) is 0 Å². The van der Waals surface area contributed by atoms with Gasteiger partial charge in [-0.15, -0.1) is 0 Å². The average Bonchev–Trinajstić information content (AvgIpc) is 2.42. The second kappa shape index (κ2) is 20.0. The zero-order chi connectivity index (χ0) is 19.7. The predicted molar refractivity (Wildman–Crippen MR) is 80.5 cm³/mol. The molecule has 0 fully saturated rings. The van der Waals surface area contributed by atoms with Gasteiger partial charge in [0.25, 0.3) is 0 Å². The fraction of sp³-hybridized carbons (Fsp3) is 0.600. The summed E-state index contributed by atoms with van der Waals surface area (Å²) in [4.78, 5) is 59.1. The molecule has 0 aliphatic carbocycles. The number of carbonyl (C=O) groups is 6. The van der Waals surface area contributed by atoms with Crippen molar-refractivity contribution in [3.63, 3.8) is 0 Å². The zero-order valence-corrected chi connectivity index (χ0v) is 15.6. The molecule has 0 bridgehead atoms. The molecule has 0 heterocycles. The van der Waals surface area contributed by atoms with Crippen molar-refractivity contribution in [2.75, 3.05) is 0 Å². The van der Waals surface area contributed by atoms with Gasteiger partial charge in [-0.3, -0.25) is 0 Å². The van der Waals surface area contributed by atoms with E-state index in [4.69, 9.17) is 0 Å². The number of carboxylic acid groups (broad SMARTS) is 3. The summed E-state index contributed by atoms with van der Waals surface area (Å²) in [6.45, 7) is 4.05. The fourth-order valence-electron chi connectivity index (χ4n) is 0.834. The first-order valence-electron chi connectivity index (χ1n) is 6.96. The average molecular weight is 372 g/mol. The topological polar surface area (TPSA) is 172 Å². The first-order valence-corrected chi connectivity index (χ1v) is 6.96. The van der Waals surface area contributed by atoms with Crippen LogP contribution in [0.4, 0.5) is 0 Å². The number of rotatable bonds is 9. The van der Waals surface area contributed by atoms with Crippen LogP contribution in [0.25, 0.3) is 0 Å². The molecule has 0 N–H and O–H groups in total. The Bertz CT molecular complexity index is 349. The molecule has 0 saturated carbocycles. The van der Waals surface area contributed by atoms with Crippen LogP contribution in [0.15, 0.2) is 0 Å². The molecule has 10 heteroatoms. The fourth-order valence-corrected chi connectivity index (χ4v) is 0.834. The number of hydrogen-bond donors (Lipinski definition) is 0. The molecule has 0 aromatic heterocycles. The third-order valence-corrected chi connectivity index (χ3v) is 2.04. The van der Waals surface area contributed by atoms with Crippen molar-refractivity contribution >= 4 is 52.6 Å². The number of Topliss-reactive ketones (excluding diaryl/α,β-unsaturated/α-hetero) is 3. The largest absolute Gasteiger partial charge is 3.00 e. The van der Waals surface area contributed by atoms with Crippen molar-refractivity contribution in [3.05, 3.63) is 0 Å². The Hall–Kier alpha value is -2.05. The quantitative estimate of drug-likeness (QED) is 0.381. The maximum absolute atomic E-state index is 10.1. The van der Waals surface area contributed by atoms with Crippen molar-refractivity contribution in [2.45, 2.75) is 59.3 Å². The van der Waals surface area contributed by atoms with Gasteiger partial charge in [0.2, 0.25) is 0 Å². The molecule has 0 unspecified atom stereocenters. The minimum absolute atomic E-state index is 0. The number of ketones is 3. The maximum atomic E-state index is 10.1. The van der Waals surface area contributed by atoms with Crippen LogP contribution in [-0.2, 0) is 28.8 Å². The van der Waals surface area contributed by atoms with Crippen LogP contribution in [0.2, 0.25) is 0 Å². The molecule has 0 amide bonds. The van der Waals surface area contributed by atoms with E-state index in [-0.39, 0.29) is 73.2 Å². The third-order valence-electron chi connectivity index (χ3n) is 2.04. The molecule has 0 radical (unpaired) electrons. The van der Waals surface area contributed by atoms with Gasteiger partial charge in [0.1, 0.15) is 17.3 Å². The summed E-state index contributed by atoms with van der Waals surface area (Å²) in [6, 6.07) is 0. The van der Waals surface area contributed by atoms with Crippen LogP contribution in [-0.4, -0.2) is 52.6 Å². The third kappa shape index (κ3) is 52.1. The summed E-state index contributed by atoms with van der Waals surface area (Å²) in [7, 11) is 0. The molecule has 0 aromatic carbocycles. The van der Waals surface area contributed by atoms with Gasteiger partial charge in [-0.1, -0.05) is 0 Å². The Labute approximate surface area is 156 Å². The Morgan fingerprint density at radius 1 is 0.480 bits per heavy atom. The van der Waals surface area contributed by atoms with Crippen molar-refractivity contribution in [2.24, 2.45) is 0 Å². The number of aliphatic carboxylic acids is 3. The second-order valence-corrected chi connectivity index (χ2v) is 4.72. The van der Waals surface area contributed by atoms with Crippen molar-refractivity contribution in [1.82, 2.24) is 0 Å². The minimum Gasteiger partial charge on any atom is -0.550 e. The van der Waals surface area contributed by atoms with Gasteiger partial charge in [0, 0.05) is 37.2 Å². The first kappa shape index (κ1) is 30.8. The van der Waals surface area contributed by atoms with E-state index in [1.807, 2.05) is 0 Å². The van der Waals surface area contributed by atoms with Crippen LogP contribution < -0.4 is 15.3 Å². The van der Waals surface area contributed by atoms with Gasteiger partial charge in [-0.2, -0.15) is 0 Å². The SMILES string of the molecule is CC(=O)CCC(=O)[O-].CC(=O)CCC(=O)[O-].CC(=O)CCC(=O)[O-].[Al+3]. The molecule has 0 saturated heterocycles. The molecule has 138 valence electrons. The molecule has 0 aliphatic heterocycles. The van der Waals surface area contributed by atoms with E-state index in [2.05, 4.69) is 0 Å². The van der Waals surface area contributed by atoms with E-state index in [1.165, 1.54) is 20.8 Å². The van der Waals surface area contributed by atoms with E-state index in [9.17, 15) is 44.1 Å². The normalized spacial score (nSPS) is 8.28. The van der Waals surface area contributed by atoms with E-state index in [0.717, 1.165) is 0 Å². The van der Waals surface area contributed by atoms with Crippen LogP contribution in [0.1, 0.15) is 59.3 Å². The summed E-state index contributed by atoms with van der Waals surface area (Å²) in [5.74, 6) is -3.85. The molecule has 9 nitrogen and oxygen atoms in total. The summed E-state index contributed by atoms with van der Waals surface area (Å²) in [6.07, 6.45) is -0.215. The van der Waals surface area contributed by atoms with Gasteiger partial charge in [0.05, 0.1) is 0 Å². The summed E-state index contributed by atoms with van der Waals surface area (Å²) in [5, 5.41) is 28.9. The van der Waals surface area contributed by atoms with E-state index < -0.39 is 17.9 Å². The van der Waals surface area contributed by atoms with E-state index in [1.54, 1.807) is 0 Å². The zero-order valence-electron chi connectivity index (χ0n) is 14.5. The van der Waals surface area contributed by atoms with Crippen LogP contribution in [0.5, 0.6) is 0 Å². The smallest absolute Gasteiger partial charge is 0.550 e. The molecule has 0 spiro atoms. The standard InChI is InChI=1S/3C5H8O3.Al/c3*1-4(6)2-3-5(7)8;/h3*2-3H2,1H3,(H,7,8);/q;;;+3/p-3. The van der Waals surface area contributed by atoms with Gasteiger partial charge in [-0.25, -0.2) is 0 Å². The van der Waals surface area contributed by atoms with Gasteiger partial charge < -0.3 is 44.1 Å². The summed E-state index contributed by atoms with van der Waals surface area (Å²) < 4.78 is 0.